The highest BCUT2D eigenvalue weighted by atomic mass is 14.9. The first kappa shape index (κ1) is 12.0. The second kappa shape index (κ2) is 4.93. The summed E-state index contributed by atoms with van der Waals surface area (Å²) in [5.74, 6) is 0. The molecule has 19 heavy (non-hydrogen) atoms. The molecule has 1 atom stereocenters. The molecule has 1 nitrogen and oxygen atoms in total. The van der Waals surface area contributed by atoms with Gasteiger partial charge in [-0.25, -0.2) is 0 Å². The van der Waals surface area contributed by atoms with Crippen LogP contribution in [0.2, 0.25) is 0 Å². The summed E-state index contributed by atoms with van der Waals surface area (Å²) >= 11 is 0. The largest absolute Gasteiger partial charge is 0.382 e. The Morgan fingerprint density at radius 1 is 1.05 bits per heavy atom. The fraction of sp³-hybridized carbons (Fsp3) is 0.222. The molecule has 1 aliphatic heterocycles. The van der Waals surface area contributed by atoms with Crippen LogP contribution in [-0.2, 0) is 6.42 Å². The van der Waals surface area contributed by atoms with Crippen LogP contribution >= 0.6 is 0 Å². The molecule has 0 bridgehead atoms. The van der Waals surface area contributed by atoms with Gasteiger partial charge in [0.15, 0.2) is 0 Å². The number of rotatable bonds is 2. The van der Waals surface area contributed by atoms with Gasteiger partial charge >= 0.3 is 0 Å². The van der Waals surface area contributed by atoms with E-state index in [0.717, 1.165) is 6.42 Å². The third kappa shape index (κ3) is 2.17. The van der Waals surface area contributed by atoms with Crippen LogP contribution in [0.3, 0.4) is 0 Å². The van der Waals surface area contributed by atoms with Crippen LogP contribution in [0.15, 0.2) is 48.5 Å². The molecule has 3 rings (SSSR count). The van der Waals surface area contributed by atoms with E-state index < -0.39 is 0 Å². The van der Waals surface area contributed by atoms with Crippen molar-refractivity contribution in [3.05, 3.63) is 59.7 Å². The van der Waals surface area contributed by atoms with Gasteiger partial charge in [0.25, 0.3) is 0 Å². The lowest BCUT2D eigenvalue weighted by molar-refractivity contribution is 0.839. The molecule has 0 saturated carbocycles. The van der Waals surface area contributed by atoms with Crippen molar-refractivity contribution in [2.75, 3.05) is 5.32 Å². The maximum atomic E-state index is 3.61. The lowest BCUT2D eigenvalue weighted by Crippen LogP contribution is -2.08. The van der Waals surface area contributed by atoms with Crippen molar-refractivity contribution in [3.8, 4) is 11.1 Å². The monoisotopic (exact) mass is 249 g/mol. The first-order valence-corrected chi connectivity index (χ1v) is 6.90. The van der Waals surface area contributed by atoms with Crippen molar-refractivity contribution in [3.63, 3.8) is 0 Å². The average Bonchev–Trinajstić information content (AvgIpc) is 2.80. The summed E-state index contributed by atoms with van der Waals surface area (Å²) < 4.78 is 0. The summed E-state index contributed by atoms with van der Waals surface area (Å²) in [6.45, 7) is 4.30. The molecule has 0 aliphatic carbocycles. The Labute approximate surface area is 115 Å². The molecule has 2 aromatic rings. The number of para-hydroxylation sites is 1. The molecule has 0 radical (unpaired) electrons. The van der Waals surface area contributed by atoms with Crippen molar-refractivity contribution in [1.82, 2.24) is 0 Å². The summed E-state index contributed by atoms with van der Waals surface area (Å²) in [5, 5.41) is 3.61. The van der Waals surface area contributed by atoms with E-state index in [1.165, 1.54) is 27.9 Å². The molecule has 0 amide bonds. The normalized spacial score (nSPS) is 17.5. The van der Waals surface area contributed by atoms with Gasteiger partial charge < -0.3 is 5.32 Å². The van der Waals surface area contributed by atoms with E-state index in [4.69, 9.17) is 0 Å². The number of benzene rings is 2. The van der Waals surface area contributed by atoms with Crippen LogP contribution < -0.4 is 5.32 Å². The molecule has 2 aromatic carbocycles. The number of hydrogen-bond donors (Lipinski definition) is 1. The van der Waals surface area contributed by atoms with Gasteiger partial charge in [0.05, 0.1) is 0 Å². The SMILES string of the molecule is CC=Cc1ccccc1-c1cccc2c1NC(C)C2. The molecular formula is C18H19N. The summed E-state index contributed by atoms with van der Waals surface area (Å²) in [6, 6.07) is 15.7. The van der Waals surface area contributed by atoms with E-state index >= 15 is 0 Å². The zero-order chi connectivity index (χ0) is 13.2. The van der Waals surface area contributed by atoms with Crippen molar-refractivity contribution >= 4 is 11.8 Å². The Kier molecular flexibility index (Phi) is 3.12. The molecule has 0 fully saturated rings. The fourth-order valence-corrected chi connectivity index (χ4v) is 2.86. The molecule has 0 spiro atoms. The zero-order valence-corrected chi connectivity index (χ0v) is 11.5. The second-order valence-corrected chi connectivity index (χ2v) is 5.18. The van der Waals surface area contributed by atoms with Crippen LogP contribution in [0.25, 0.3) is 17.2 Å². The van der Waals surface area contributed by atoms with Crippen LogP contribution in [0.4, 0.5) is 5.69 Å². The van der Waals surface area contributed by atoms with E-state index in [1.54, 1.807) is 0 Å². The summed E-state index contributed by atoms with van der Waals surface area (Å²) in [4.78, 5) is 0. The third-order valence-corrected chi connectivity index (χ3v) is 3.66. The van der Waals surface area contributed by atoms with Gasteiger partial charge in [0, 0.05) is 17.3 Å². The van der Waals surface area contributed by atoms with Crippen LogP contribution in [-0.4, -0.2) is 6.04 Å². The smallest absolute Gasteiger partial charge is 0.0455 e. The van der Waals surface area contributed by atoms with Crippen LogP contribution in [0, 0.1) is 0 Å². The van der Waals surface area contributed by atoms with Crippen LogP contribution in [0.1, 0.15) is 25.0 Å². The first-order valence-electron chi connectivity index (χ1n) is 6.90. The van der Waals surface area contributed by atoms with Gasteiger partial charge in [0.2, 0.25) is 0 Å². The third-order valence-electron chi connectivity index (χ3n) is 3.66. The van der Waals surface area contributed by atoms with Gasteiger partial charge in [-0.1, -0.05) is 54.6 Å². The number of fused-ring (bicyclic) bond motifs is 1. The van der Waals surface area contributed by atoms with Crippen molar-refractivity contribution in [2.24, 2.45) is 0 Å². The molecule has 1 N–H and O–H groups in total. The summed E-state index contributed by atoms with van der Waals surface area (Å²) in [7, 11) is 0. The zero-order valence-electron chi connectivity index (χ0n) is 11.5. The minimum atomic E-state index is 0.532. The van der Waals surface area contributed by atoms with E-state index in [-0.39, 0.29) is 0 Å². The first-order chi connectivity index (χ1) is 9.29. The number of allylic oxidation sites excluding steroid dienone is 1. The van der Waals surface area contributed by atoms with Crippen molar-refractivity contribution in [2.45, 2.75) is 26.3 Å². The molecule has 1 unspecified atom stereocenters. The predicted molar refractivity (Wildman–Crippen MR) is 83.4 cm³/mol. The van der Waals surface area contributed by atoms with Crippen molar-refractivity contribution < 1.29 is 0 Å². The Morgan fingerprint density at radius 2 is 1.84 bits per heavy atom. The van der Waals surface area contributed by atoms with Crippen LogP contribution in [0.5, 0.6) is 0 Å². The van der Waals surface area contributed by atoms with Gasteiger partial charge in [0.1, 0.15) is 0 Å². The minimum absolute atomic E-state index is 0.532. The van der Waals surface area contributed by atoms with Crippen molar-refractivity contribution in [1.29, 1.82) is 0 Å². The highest BCUT2D eigenvalue weighted by Gasteiger charge is 2.20. The Bertz CT molecular complexity index is 625. The molecule has 1 aliphatic rings. The topological polar surface area (TPSA) is 12.0 Å². The molecule has 0 saturated heterocycles. The highest BCUT2D eigenvalue weighted by molar-refractivity contribution is 5.86. The molecule has 96 valence electrons. The maximum Gasteiger partial charge on any atom is 0.0455 e. The molecule has 1 heteroatoms. The Hall–Kier alpha value is -2.02. The quantitative estimate of drug-likeness (QED) is 0.810. The highest BCUT2D eigenvalue weighted by Crippen LogP contribution is 2.37. The second-order valence-electron chi connectivity index (χ2n) is 5.18. The van der Waals surface area contributed by atoms with Gasteiger partial charge in [-0.2, -0.15) is 0 Å². The summed E-state index contributed by atoms with van der Waals surface area (Å²) in [5.41, 5.74) is 6.64. The number of hydrogen-bond acceptors (Lipinski definition) is 1. The maximum absolute atomic E-state index is 3.61. The fourth-order valence-electron chi connectivity index (χ4n) is 2.86. The predicted octanol–water partition coefficient (Wildman–Crippen LogP) is 4.74. The minimum Gasteiger partial charge on any atom is -0.382 e. The van der Waals surface area contributed by atoms with E-state index in [2.05, 4.69) is 73.8 Å². The lowest BCUT2D eigenvalue weighted by Gasteiger charge is -2.12. The summed E-state index contributed by atoms with van der Waals surface area (Å²) in [6.07, 6.45) is 5.39. The van der Waals surface area contributed by atoms with Gasteiger partial charge in [-0.15, -0.1) is 0 Å². The number of anilines is 1. The Morgan fingerprint density at radius 3 is 2.68 bits per heavy atom. The lowest BCUT2D eigenvalue weighted by atomic mass is 9.96. The van der Waals surface area contributed by atoms with E-state index in [0.29, 0.717) is 6.04 Å². The van der Waals surface area contributed by atoms with Gasteiger partial charge in [-0.3, -0.25) is 0 Å². The van der Waals surface area contributed by atoms with E-state index in [9.17, 15) is 0 Å². The Balaban J connectivity index is 2.17. The number of nitrogens with one attached hydrogen (secondary N) is 1. The van der Waals surface area contributed by atoms with Gasteiger partial charge in [-0.05, 0) is 37.0 Å². The standard InChI is InChI=1S/C18H19N/c1-3-7-14-8-4-5-10-16(14)17-11-6-9-15-12-13(2)19-18(15)17/h3-11,13,19H,12H2,1-2H3. The molecular weight excluding hydrogens is 230 g/mol. The average molecular weight is 249 g/mol. The molecule has 1 heterocycles. The molecule has 0 aromatic heterocycles. The van der Waals surface area contributed by atoms with E-state index in [1.807, 2.05) is 0 Å².